The molecule has 0 radical (unpaired) electrons. The maximum atomic E-state index is 13.2. The number of ether oxygens (including phenoxy) is 1. The number of fused-ring (bicyclic) bond motifs is 1. The van der Waals surface area contributed by atoms with Gasteiger partial charge in [0.15, 0.2) is 5.13 Å². The fourth-order valence-electron chi connectivity index (χ4n) is 3.65. The van der Waals surface area contributed by atoms with Gasteiger partial charge < -0.3 is 4.74 Å². The molecule has 10 heteroatoms. The van der Waals surface area contributed by atoms with E-state index in [1.807, 2.05) is 25.1 Å². The molecule has 170 valence electrons. The van der Waals surface area contributed by atoms with Gasteiger partial charge in [0, 0.05) is 18.7 Å². The third-order valence-electron chi connectivity index (χ3n) is 5.27. The molecule has 4 rings (SSSR count). The molecule has 1 N–H and O–H groups in total. The van der Waals surface area contributed by atoms with Crippen molar-refractivity contribution in [1.29, 1.82) is 0 Å². The topological polar surface area (TPSA) is 88.6 Å². The summed E-state index contributed by atoms with van der Waals surface area (Å²) in [4.78, 5) is 17.2. The Bertz CT molecular complexity index is 1240. The van der Waals surface area contributed by atoms with E-state index in [4.69, 9.17) is 16.3 Å². The number of nitrogens with zero attached hydrogens (tertiary/aromatic N) is 2. The predicted octanol–water partition coefficient (Wildman–Crippen LogP) is 5.17. The molecule has 1 aliphatic heterocycles. The Balaban J connectivity index is 1.57. The Hall–Kier alpha value is -2.20. The number of rotatable bonds is 6. The normalized spacial score (nSPS) is 15.4. The van der Waals surface area contributed by atoms with Crippen LogP contribution in [0.2, 0.25) is 5.02 Å². The minimum Gasteiger partial charge on any atom is -0.494 e. The van der Waals surface area contributed by atoms with Crippen molar-refractivity contribution in [2.75, 3.05) is 25.0 Å². The van der Waals surface area contributed by atoms with Crippen LogP contribution in [0.4, 0.5) is 5.13 Å². The van der Waals surface area contributed by atoms with Crippen molar-refractivity contribution in [3.63, 3.8) is 0 Å². The first-order valence-corrected chi connectivity index (χ1v) is 13.2. The first-order valence-electron chi connectivity index (χ1n) is 10.5. The van der Waals surface area contributed by atoms with Crippen molar-refractivity contribution < 1.29 is 17.9 Å². The van der Waals surface area contributed by atoms with Gasteiger partial charge in [-0.1, -0.05) is 35.8 Å². The molecule has 0 atom stereocenters. The van der Waals surface area contributed by atoms with Crippen LogP contribution in [0, 0.1) is 0 Å². The number of halogens is 1. The van der Waals surface area contributed by atoms with Gasteiger partial charge in [0.25, 0.3) is 5.91 Å². The maximum absolute atomic E-state index is 13.2. The first kappa shape index (κ1) is 23.0. The standard InChI is InChI=1S/C22H24ClN3O4S2/c1-2-30-16-8-10-18-19(14-16)31-22(24-18)25-21(27)15-7-9-17(23)20(13-15)32(28,29)26-11-5-3-4-6-12-26/h7-10,13-14H,2-6,11-12H2,1H3,(H,24,25,27). The number of hydrogen-bond donors (Lipinski definition) is 1. The number of thiazole rings is 1. The van der Waals surface area contributed by atoms with Crippen LogP contribution < -0.4 is 10.1 Å². The van der Waals surface area contributed by atoms with Gasteiger partial charge in [0.2, 0.25) is 10.0 Å². The second-order valence-electron chi connectivity index (χ2n) is 7.50. The number of carbonyl (C=O) groups is 1. The number of hydrogen-bond acceptors (Lipinski definition) is 6. The van der Waals surface area contributed by atoms with Crippen molar-refractivity contribution >= 4 is 54.2 Å². The molecule has 1 aromatic heterocycles. The molecule has 2 aromatic carbocycles. The highest BCUT2D eigenvalue weighted by molar-refractivity contribution is 7.89. The van der Waals surface area contributed by atoms with Crippen molar-refractivity contribution in [2.45, 2.75) is 37.5 Å². The lowest BCUT2D eigenvalue weighted by molar-refractivity contribution is 0.102. The second-order valence-corrected chi connectivity index (χ2v) is 10.8. The zero-order valence-electron chi connectivity index (χ0n) is 17.6. The summed E-state index contributed by atoms with van der Waals surface area (Å²) >= 11 is 7.56. The van der Waals surface area contributed by atoms with Crippen LogP contribution in [0.1, 0.15) is 43.0 Å². The van der Waals surface area contributed by atoms with Gasteiger partial charge in [0.05, 0.1) is 21.8 Å². The zero-order chi connectivity index (χ0) is 22.7. The lowest BCUT2D eigenvalue weighted by Crippen LogP contribution is -2.32. The lowest BCUT2D eigenvalue weighted by Gasteiger charge is -2.21. The predicted molar refractivity (Wildman–Crippen MR) is 127 cm³/mol. The smallest absolute Gasteiger partial charge is 0.257 e. The van der Waals surface area contributed by atoms with E-state index in [9.17, 15) is 13.2 Å². The SMILES string of the molecule is CCOc1ccc2nc(NC(=O)c3ccc(Cl)c(S(=O)(=O)N4CCCCCC4)c3)sc2c1. The number of anilines is 1. The summed E-state index contributed by atoms with van der Waals surface area (Å²) in [5, 5.41) is 3.29. The highest BCUT2D eigenvalue weighted by Crippen LogP contribution is 2.31. The number of amides is 1. The van der Waals surface area contributed by atoms with E-state index in [0.29, 0.717) is 24.8 Å². The second kappa shape index (κ2) is 9.74. The van der Waals surface area contributed by atoms with Crippen LogP contribution in [-0.4, -0.2) is 43.3 Å². The van der Waals surface area contributed by atoms with Gasteiger partial charge >= 0.3 is 0 Å². The van der Waals surface area contributed by atoms with Gasteiger partial charge in [-0.15, -0.1) is 0 Å². The van der Waals surface area contributed by atoms with E-state index in [0.717, 1.165) is 41.6 Å². The molecule has 1 fully saturated rings. The molecular formula is C22H24ClN3O4S2. The molecule has 32 heavy (non-hydrogen) atoms. The lowest BCUT2D eigenvalue weighted by atomic mass is 10.2. The Kier molecular flexibility index (Phi) is 6.99. The fourth-order valence-corrected chi connectivity index (χ4v) is 6.55. The summed E-state index contributed by atoms with van der Waals surface area (Å²) in [6.07, 6.45) is 3.66. The highest BCUT2D eigenvalue weighted by atomic mass is 35.5. The average molecular weight is 494 g/mol. The first-order chi connectivity index (χ1) is 15.4. The van der Waals surface area contributed by atoms with Gasteiger partial charge in [0.1, 0.15) is 10.6 Å². The molecule has 1 aliphatic rings. The Morgan fingerprint density at radius 2 is 1.91 bits per heavy atom. The summed E-state index contributed by atoms with van der Waals surface area (Å²) in [5.41, 5.74) is 0.950. The molecule has 2 heterocycles. The van der Waals surface area contributed by atoms with Crippen LogP contribution in [-0.2, 0) is 10.0 Å². The van der Waals surface area contributed by atoms with Crippen molar-refractivity contribution in [3.05, 3.63) is 47.0 Å². The van der Waals surface area contributed by atoms with Crippen molar-refractivity contribution in [2.24, 2.45) is 0 Å². The largest absolute Gasteiger partial charge is 0.494 e. The number of carbonyl (C=O) groups excluding carboxylic acids is 1. The number of nitrogens with one attached hydrogen (secondary N) is 1. The Labute approximate surface area is 196 Å². The summed E-state index contributed by atoms with van der Waals surface area (Å²) in [6, 6.07) is 9.85. The number of sulfonamides is 1. The molecular weight excluding hydrogens is 470 g/mol. The van der Waals surface area contributed by atoms with E-state index >= 15 is 0 Å². The molecule has 0 bridgehead atoms. The Morgan fingerprint density at radius 1 is 1.16 bits per heavy atom. The van der Waals surface area contributed by atoms with E-state index in [1.54, 1.807) is 0 Å². The minimum absolute atomic E-state index is 0.0422. The summed E-state index contributed by atoms with van der Waals surface area (Å²) < 4.78 is 34.2. The molecule has 7 nitrogen and oxygen atoms in total. The van der Waals surface area contributed by atoms with Gasteiger partial charge in [-0.3, -0.25) is 10.1 Å². The van der Waals surface area contributed by atoms with Crippen LogP contribution in [0.5, 0.6) is 5.75 Å². The van der Waals surface area contributed by atoms with E-state index in [-0.39, 0.29) is 15.5 Å². The molecule has 3 aromatic rings. The zero-order valence-corrected chi connectivity index (χ0v) is 20.0. The molecule has 0 saturated carbocycles. The quantitative estimate of drug-likeness (QED) is 0.512. The third-order valence-corrected chi connectivity index (χ3v) is 8.58. The van der Waals surface area contributed by atoms with Gasteiger partial charge in [-0.2, -0.15) is 4.31 Å². The van der Waals surface area contributed by atoms with Gasteiger partial charge in [-0.25, -0.2) is 13.4 Å². The molecule has 0 spiro atoms. The molecule has 1 amide bonds. The summed E-state index contributed by atoms with van der Waals surface area (Å²) in [7, 11) is -3.78. The van der Waals surface area contributed by atoms with Gasteiger partial charge in [-0.05, 0) is 56.2 Å². The van der Waals surface area contributed by atoms with Crippen LogP contribution in [0.25, 0.3) is 10.2 Å². The van der Waals surface area contributed by atoms with E-state index in [1.165, 1.54) is 33.8 Å². The maximum Gasteiger partial charge on any atom is 0.257 e. The monoisotopic (exact) mass is 493 g/mol. The molecule has 0 unspecified atom stereocenters. The van der Waals surface area contributed by atoms with E-state index < -0.39 is 15.9 Å². The highest BCUT2D eigenvalue weighted by Gasteiger charge is 2.28. The fraction of sp³-hybridized carbons (Fsp3) is 0.364. The number of benzene rings is 2. The van der Waals surface area contributed by atoms with Crippen LogP contribution >= 0.6 is 22.9 Å². The number of aromatic nitrogens is 1. The Morgan fingerprint density at radius 3 is 2.62 bits per heavy atom. The third kappa shape index (κ3) is 4.91. The summed E-state index contributed by atoms with van der Waals surface area (Å²) in [5.74, 6) is 0.292. The van der Waals surface area contributed by atoms with Crippen LogP contribution in [0.3, 0.4) is 0 Å². The van der Waals surface area contributed by atoms with Crippen molar-refractivity contribution in [3.8, 4) is 5.75 Å². The average Bonchev–Trinajstić information content (AvgIpc) is 2.96. The minimum atomic E-state index is -3.78. The molecule has 1 saturated heterocycles. The summed E-state index contributed by atoms with van der Waals surface area (Å²) in [6.45, 7) is 3.40. The van der Waals surface area contributed by atoms with Crippen LogP contribution in [0.15, 0.2) is 41.3 Å². The molecule has 0 aliphatic carbocycles. The van der Waals surface area contributed by atoms with Crippen molar-refractivity contribution in [1.82, 2.24) is 9.29 Å². The van der Waals surface area contributed by atoms with E-state index in [2.05, 4.69) is 10.3 Å².